The highest BCUT2D eigenvalue weighted by atomic mass is 79.9. The van der Waals surface area contributed by atoms with Gasteiger partial charge in [-0.1, -0.05) is 70.5 Å². The average Bonchev–Trinajstić information content (AvgIpc) is 3.08. The first kappa shape index (κ1) is 27.7. The molecule has 2 unspecified atom stereocenters. The molecule has 0 saturated carbocycles. The van der Waals surface area contributed by atoms with Crippen molar-refractivity contribution in [1.82, 2.24) is 10.6 Å². The van der Waals surface area contributed by atoms with Gasteiger partial charge in [0, 0.05) is 23.1 Å². The summed E-state index contributed by atoms with van der Waals surface area (Å²) in [6.45, 7) is 3.00. The Labute approximate surface area is 243 Å². The first-order valence-corrected chi connectivity index (χ1v) is 14.1. The van der Waals surface area contributed by atoms with Crippen molar-refractivity contribution in [2.75, 3.05) is 30.5 Å². The molecule has 0 spiro atoms. The van der Waals surface area contributed by atoms with Gasteiger partial charge in [-0.2, -0.15) is 0 Å². The molecule has 2 amide bonds. The SMILES string of the molecule is CNC(C)C(=O)NC1CN(Cc2ccccc2)c2ccccc2N(Cc2c(OC)ccc3cc(Br)ccc23)C1=O. The first-order chi connectivity index (χ1) is 19.4. The van der Waals surface area contributed by atoms with Crippen molar-refractivity contribution in [3.05, 3.63) is 101 Å². The minimum atomic E-state index is -0.755. The number of para-hydroxylation sites is 2. The molecular formula is C32H33BrN4O3. The van der Waals surface area contributed by atoms with Gasteiger partial charge in [-0.25, -0.2) is 0 Å². The van der Waals surface area contributed by atoms with Crippen molar-refractivity contribution in [2.24, 2.45) is 0 Å². The molecule has 0 saturated heterocycles. The largest absolute Gasteiger partial charge is 0.496 e. The van der Waals surface area contributed by atoms with Crippen molar-refractivity contribution in [3.8, 4) is 5.75 Å². The fourth-order valence-corrected chi connectivity index (χ4v) is 5.55. The van der Waals surface area contributed by atoms with Gasteiger partial charge in [0.2, 0.25) is 5.91 Å². The molecule has 4 aromatic rings. The molecule has 0 fully saturated rings. The lowest BCUT2D eigenvalue weighted by Gasteiger charge is -2.27. The number of methoxy groups -OCH3 is 1. The maximum absolute atomic E-state index is 14.4. The van der Waals surface area contributed by atoms with Gasteiger partial charge in [-0.15, -0.1) is 0 Å². The van der Waals surface area contributed by atoms with Crippen LogP contribution in [-0.2, 0) is 22.7 Å². The Morgan fingerprint density at radius 1 is 1.00 bits per heavy atom. The molecule has 1 aliphatic rings. The van der Waals surface area contributed by atoms with Gasteiger partial charge in [0.25, 0.3) is 5.91 Å². The summed E-state index contributed by atoms with van der Waals surface area (Å²) in [6, 6.07) is 26.9. The van der Waals surface area contributed by atoms with Crippen LogP contribution in [0.3, 0.4) is 0 Å². The average molecular weight is 602 g/mol. The van der Waals surface area contributed by atoms with Crippen LogP contribution < -0.4 is 25.2 Å². The zero-order valence-electron chi connectivity index (χ0n) is 22.9. The number of carbonyl (C=O) groups excluding carboxylic acids is 2. The fraction of sp³-hybridized carbons (Fsp3) is 0.250. The highest BCUT2D eigenvalue weighted by Gasteiger charge is 2.36. The first-order valence-electron chi connectivity index (χ1n) is 13.3. The number of fused-ring (bicyclic) bond motifs is 2. The molecule has 1 aliphatic heterocycles. The maximum Gasteiger partial charge on any atom is 0.251 e. The summed E-state index contributed by atoms with van der Waals surface area (Å²) in [7, 11) is 3.37. The predicted molar refractivity (Wildman–Crippen MR) is 164 cm³/mol. The second-order valence-electron chi connectivity index (χ2n) is 9.96. The summed E-state index contributed by atoms with van der Waals surface area (Å²) in [6.07, 6.45) is 0. The van der Waals surface area contributed by atoms with Crippen molar-refractivity contribution in [3.63, 3.8) is 0 Å². The molecule has 0 radical (unpaired) electrons. The molecular weight excluding hydrogens is 568 g/mol. The predicted octanol–water partition coefficient (Wildman–Crippen LogP) is 5.26. The third-order valence-corrected chi connectivity index (χ3v) is 7.92. The van der Waals surface area contributed by atoms with Crippen LogP contribution in [0.15, 0.2) is 89.4 Å². The van der Waals surface area contributed by atoms with Crippen molar-refractivity contribution >= 4 is 49.9 Å². The summed E-state index contributed by atoms with van der Waals surface area (Å²) in [5.41, 5.74) is 3.74. The second kappa shape index (κ2) is 12.1. The van der Waals surface area contributed by atoms with Crippen LogP contribution in [0.25, 0.3) is 10.8 Å². The molecule has 0 aliphatic carbocycles. The van der Waals surface area contributed by atoms with E-state index in [-0.39, 0.29) is 18.4 Å². The van der Waals surface area contributed by atoms with Gasteiger partial charge >= 0.3 is 0 Å². The number of hydrogen-bond donors (Lipinski definition) is 2. The monoisotopic (exact) mass is 600 g/mol. The van der Waals surface area contributed by atoms with Gasteiger partial charge in [-0.05, 0) is 60.6 Å². The van der Waals surface area contributed by atoms with Gasteiger partial charge in [0.1, 0.15) is 11.8 Å². The molecule has 2 N–H and O–H groups in total. The molecule has 8 heteroatoms. The van der Waals surface area contributed by atoms with Crippen LogP contribution in [0.1, 0.15) is 18.1 Å². The zero-order valence-corrected chi connectivity index (χ0v) is 24.4. The third kappa shape index (κ3) is 5.69. The van der Waals surface area contributed by atoms with E-state index in [1.54, 1.807) is 26.0 Å². The summed E-state index contributed by atoms with van der Waals surface area (Å²) in [5, 5.41) is 8.04. The summed E-state index contributed by atoms with van der Waals surface area (Å²) >= 11 is 3.57. The van der Waals surface area contributed by atoms with Crippen molar-refractivity contribution in [2.45, 2.75) is 32.1 Å². The molecule has 5 rings (SSSR count). The van der Waals surface area contributed by atoms with E-state index in [2.05, 4.69) is 49.7 Å². The lowest BCUT2D eigenvalue weighted by molar-refractivity contribution is -0.128. The summed E-state index contributed by atoms with van der Waals surface area (Å²) in [4.78, 5) is 31.3. The molecule has 0 aromatic heterocycles. The second-order valence-corrected chi connectivity index (χ2v) is 10.9. The van der Waals surface area contributed by atoms with E-state index < -0.39 is 12.1 Å². The number of benzene rings is 4. The van der Waals surface area contributed by atoms with Crippen LogP contribution in [0.4, 0.5) is 11.4 Å². The number of likely N-dealkylation sites (N-methyl/N-ethyl adjacent to an activating group) is 1. The number of amides is 2. The van der Waals surface area contributed by atoms with Gasteiger partial charge in [0.15, 0.2) is 0 Å². The third-order valence-electron chi connectivity index (χ3n) is 7.43. The van der Waals surface area contributed by atoms with E-state index in [1.165, 1.54) is 0 Å². The number of rotatable bonds is 8. The summed E-state index contributed by atoms with van der Waals surface area (Å²) in [5.74, 6) is 0.310. The number of nitrogens with zero attached hydrogens (tertiary/aromatic N) is 2. The topological polar surface area (TPSA) is 73.9 Å². The Balaban J connectivity index is 1.62. The van der Waals surface area contributed by atoms with E-state index in [0.29, 0.717) is 18.8 Å². The molecule has 7 nitrogen and oxygen atoms in total. The zero-order chi connectivity index (χ0) is 28.2. The van der Waals surface area contributed by atoms with Crippen LogP contribution in [-0.4, -0.2) is 44.6 Å². The molecule has 4 aromatic carbocycles. The smallest absolute Gasteiger partial charge is 0.251 e. The lowest BCUT2D eigenvalue weighted by atomic mass is 10.0. The highest BCUT2D eigenvalue weighted by Crippen LogP contribution is 2.38. The van der Waals surface area contributed by atoms with Crippen LogP contribution in [0.5, 0.6) is 5.75 Å². The standard InChI is InChI=1S/C32H33BrN4O3/c1-21(34-2)31(38)35-27-20-36(18-22-9-5-4-6-10-22)28-11-7-8-12-29(28)37(32(27)39)19-26-25-15-14-24(33)17-23(25)13-16-30(26)40-3/h4-17,21,27,34H,18-20H2,1-3H3,(H,35,38). The van der Waals surface area contributed by atoms with Crippen LogP contribution in [0.2, 0.25) is 0 Å². The Bertz CT molecular complexity index is 1530. The molecule has 2 atom stereocenters. The number of halogens is 1. The minimum absolute atomic E-state index is 0.171. The van der Waals surface area contributed by atoms with Crippen LogP contribution >= 0.6 is 15.9 Å². The molecule has 1 heterocycles. The normalized spacial score (nSPS) is 15.9. The Morgan fingerprint density at radius 3 is 2.45 bits per heavy atom. The molecule has 0 bridgehead atoms. The molecule has 206 valence electrons. The minimum Gasteiger partial charge on any atom is -0.496 e. The van der Waals surface area contributed by atoms with E-state index in [4.69, 9.17) is 4.74 Å². The highest BCUT2D eigenvalue weighted by molar-refractivity contribution is 9.10. The summed E-state index contributed by atoms with van der Waals surface area (Å²) < 4.78 is 6.76. The lowest BCUT2D eigenvalue weighted by Crippen LogP contribution is -2.55. The number of carbonyl (C=O) groups is 2. The van der Waals surface area contributed by atoms with Gasteiger partial charge in [0.05, 0.1) is 31.1 Å². The number of nitrogens with one attached hydrogen (secondary N) is 2. The maximum atomic E-state index is 14.4. The Morgan fingerprint density at radius 2 is 1.73 bits per heavy atom. The van der Waals surface area contributed by atoms with E-state index in [1.807, 2.05) is 66.7 Å². The number of anilines is 2. The van der Waals surface area contributed by atoms with Crippen molar-refractivity contribution < 1.29 is 14.3 Å². The number of hydrogen-bond acceptors (Lipinski definition) is 5. The van der Waals surface area contributed by atoms with E-state index >= 15 is 0 Å². The van der Waals surface area contributed by atoms with Crippen LogP contribution in [0, 0.1) is 0 Å². The Kier molecular flexibility index (Phi) is 8.38. The van der Waals surface area contributed by atoms with Gasteiger partial charge < -0.3 is 25.2 Å². The molecule has 40 heavy (non-hydrogen) atoms. The van der Waals surface area contributed by atoms with E-state index in [0.717, 1.165) is 37.7 Å². The van der Waals surface area contributed by atoms with E-state index in [9.17, 15) is 9.59 Å². The Hall–Kier alpha value is -3.88. The number of ether oxygens (including phenoxy) is 1. The van der Waals surface area contributed by atoms with Crippen molar-refractivity contribution in [1.29, 1.82) is 0 Å². The quantitative estimate of drug-likeness (QED) is 0.289. The fourth-order valence-electron chi connectivity index (χ4n) is 5.17. The van der Waals surface area contributed by atoms with Gasteiger partial charge in [-0.3, -0.25) is 9.59 Å².